The highest BCUT2D eigenvalue weighted by Crippen LogP contribution is 2.48. The Kier molecular flexibility index (Phi) is 6.84. The number of Topliss-reactive ketones (excluding diaryl/α,β-unsaturated/α-hetero) is 2. The third-order valence-electron chi connectivity index (χ3n) is 6.05. The van der Waals surface area contributed by atoms with E-state index in [1.807, 2.05) is 13.8 Å². The van der Waals surface area contributed by atoms with Gasteiger partial charge in [-0.1, -0.05) is 49.3 Å². The molecule has 0 bridgehead atoms. The number of thioether (sulfide) groups is 1. The largest absolute Gasteiger partial charge is 0.352 e. The summed E-state index contributed by atoms with van der Waals surface area (Å²) in [6.45, 7) is 4.00. The number of allylic oxidation sites excluding steroid dienone is 3. The van der Waals surface area contributed by atoms with Crippen LogP contribution in [0.2, 0.25) is 5.02 Å². The molecule has 0 radical (unpaired) electrons. The van der Waals surface area contributed by atoms with E-state index in [-0.39, 0.29) is 34.0 Å². The first-order valence-electron chi connectivity index (χ1n) is 10.9. The summed E-state index contributed by atoms with van der Waals surface area (Å²) in [5.74, 6) is -0.899. The molecular weight excluding hydrogens is 486 g/mol. The minimum Gasteiger partial charge on any atom is -0.352 e. The molecule has 35 heavy (non-hydrogen) atoms. The molecular formula is C26H22ClN3O4S. The van der Waals surface area contributed by atoms with Gasteiger partial charge >= 0.3 is 0 Å². The standard InChI is InChI=1S/C26H22ClN3O4S/c1-26(2)11-20-24(21(31)12-26)23(16-4-3-5-18(10-16)30(33)34)19(13-28)25(29-20)35-14-22(32)15-6-8-17(27)9-7-15/h3-10,23,29H,11-12,14H2,1-2H3/t23-/m1/s1. The first-order valence-corrected chi connectivity index (χ1v) is 12.3. The highest BCUT2D eigenvalue weighted by atomic mass is 35.5. The number of nitro groups is 1. The van der Waals surface area contributed by atoms with Crippen LogP contribution in [0.4, 0.5) is 5.69 Å². The lowest BCUT2D eigenvalue weighted by Crippen LogP contribution is -2.37. The Morgan fingerprint density at radius 3 is 2.63 bits per heavy atom. The number of hydrogen-bond donors (Lipinski definition) is 1. The number of non-ortho nitro benzene ring substituents is 1. The molecule has 0 aromatic heterocycles. The van der Waals surface area contributed by atoms with Gasteiger partial charge in [-0.2, -0.15) is 5.26 Å². The highest BCUT2D eigenvalue weighted by Gasteiger charge is 2.42. The number of nitriles is 1. The quantitative estimate of drug-likeness (QED) is 0.293. The minimum absolute atomic E-state index is 0.0662. The number of dihydropyridines is 1. The molecule has 2 aromatic carbocycles. The fourth-order valence-electron chi connectivity index (χ4n) is 4.50. The molecule has 1 aliphatic carbocycles. The van der Waals surface area contributed by atoms with Gasteiger partial charge in [-0.25, -0.2) is 0 Å². The predicted octanol–water partition coefficient (Wildman–Crippen LogP) is 5.93. The van der Waals surface area contributed by atoms with E-state index in [9.17, 15) is 25.0 Å². The normalized spacial score (nSPS) is 19.0. The summed E-state index contributed by atoms with van der Waals surface area (Å²) in [5, 5.41) is 25.8. The van der Waals surface area contributed by atoms with Crippen molar-refractivity contribution < 1.29 is 14.5 Å². The molecule has 9 heteroatoms. The van der Waals surface area contributed by atoms with E-state index in [0.717, 1.165) is 0 Å². The van der Waals surface area contributed by atoms with Crippen molar-refractivity contribution >= 4 is 40.6 Å². The molecule has 7 nitrogen and oxygen atoms in total. The van der Waals surface area contributed by atoms with Crippen LogP contribution in [-0.2, 0) is 4.79 Å². The molecule has 0 saturated heterocycles. The fourth-order valence-corrected chi connectivity index (χ4v) is 5.58. The van der Waals surface area contributed by atoms with E-state index < -0.39 is 10.8 Å². The van der Waals surface area contributed by atoms with Crippen molar-refractivity contribution in [3.8, 4) is 6.07 Å². The Hall–Kier alpha value is -3.41. The predicted molar refractivity (Wildman–Crippen MR) is 135 cm³/mol. The van der Waals surface area contributed by atoms with Crippen LogP contribution < -0.4 is 5.32 Å². The van der Waals surface area contributed by atoms with E-state index in [2.05, 4.69) is 11.4 Å². The number of rotatable bonds is 6. The van der Waals surface area contributed by atoms with Crippen LogP contribution in [-0.4, -0.2) is 22.2 Å². The highest BCUT2D eigenvalue weighted by molar-refractivity contribution is 8.03. The fraction of sp³-hybridized carbons (Fsp3) is 0.269. The molecule has 0 unspecified atom stereocenters. The van der Waals surface area contributed by atoms with Gasteiger partial charge in [0.2, 0.25) is 0 Å². The summed E-state index contributed by atoms with van der Waals surface area (Å²) in [7, 11) is 0. The zero-order valence-corrected chi connectivity index (χ0v) is 20.7. The maximum Gasteiger partial charge on any atom is 0.269 e. The van der Waals surface area contributed by atoms with Crippen LogP contribution >= 0.6 is 23.4 Å². The molecule has 4 rings (SSSR count). The summed E-state index contributed by atoms with van der Waals surface area (Å²) in [6.07, 6.45) is 0.891. The van der Waals surface area contributed by atoms with Gasteiger partial charge in [0.25, 0.3) is 5.69 Å². The molecule has 1 aliphatic heterocycles. The summed E-state index contributed by atoms with van der Waals surface area (Å²) in [5.41, 5.74) is 2.04. The second-order valence-corrected chi connectivity index (χ2v) is 10.7. The summed E-state index contributed by atoms with van der Waals surface area (Å²) in [4.78, 5) is 36.9. The number of hydrogen-bond acceptors (Lipinski definition) is 7. The topological polar surface area (TPSA) is 113 Å². The Bertz CT molecular complexity index is 1340. The molecule has 0 spiro atoms. The van der Waals surface area contributed by atoms with E-state index in [0.29, 0.717) is 45.3 Å². The SMILES string of the molecule is CC1(C)CC(=O)C2=C(C1)NC(SCC(=O)c1ccc(Cl)cc1)=C(C#N)[C@H]2c1cccc([N+](=O)[O-])c1. The number of carbonyl (C=O) groups is 2. The Labute approximate surface area is 212 Å². The average Bonchev–Trinajstić information content (AvgIpc) is 2.81. The van der Waals surface area contributed by atoms with Crippen molar-refractivity contribution in [3.63, 3.8) is 0 Å². The van der Waals surface area contributed by atoms with Gasteiger partial charge < -0.3 is 5.32 Å². The molecule has 0 amide bonds. The van der Waals surface area contributed by atoms with Crippen molar-refractivity contribution in [1.82, 2.24) is 5.32 Å². The van der Waals surface area contributed by atoms with Gasteiger partial charge in [0.05, 0.1) is 33.3 Å². The number of nitrogens with one attached hydrogen (secondary N) is 1. The van der Waals surface area contributed by atoms with E-state index in [1.54, 1.807) is 36.4 Å². The summed E-state index contributed by atoms with van der Waals surface area (Å²) < 4.78 is 0. The van der Waals surface area contributed by atoms with Gasteiger partial charge in [-0.15, -0.1) is 0 Å². The number of halogens is 1. The third-order valence-corrected chi connectivity index (χ3v) is 7.32. The van der Waals surface area contributed by atoms with Gasteiger partial charge in [-0.3, -0.25) is 19.7 Å². The molecule has 1 atom stereocenters. The molecule has 0 fully saturated rings. The number of carbonyl (C=O) groups excluding carboxylic acids is 2. The minimum atomic E-state index is -0.743. The second kappa shape index (κ2) is 9.68. The van der Waals surface area contributed by atoms with Crippen molar-refractivity contribution in [3.05, 3.63) is 96.7 Å². The molecule has 178 valence electrons. The summed E-state index contributed by atoms with van der Waals surface area (Å²) in [6, 6.07) is 14.8. The molecule has 1 heterocycles. The van der Waals surface area contributed by atoms with Crippen LogP contribution in [0, 0.1) is 26.9 Å². The monoisotopic (exact) mass is 507 g/mol. The summed E-state index contributed by atoms with van der Waals surface area (Å²) >= 11 is 7.10. The first-order chi connectivity index (χ1) is 16.6. The van der Waals surface area contributed by atoms with Gasteiger partial charge in [0.15, 0.2) is 11.6 Å². The number of nitrogens with zero attached hydrogens (tertiary/aromatic N) is 2. The average molecular weight is 508 g/mol. The Morgan fingerprint density at radius 1 is 1.26 bits per heavy atom. The van der Waals surface area contributed by atoms with Gasteiger partial charge in [0, 0.05) is 40.4 Å². The van der Waals surface area contributed by atoms with Crippen LogP contribution in [0.15, 0.2) is 70.4 Å². The van der Waals surface area contributed by atoms with E-state index in [4.69, 9.17) is 11.6 Å². The maximum absolute atomic E-state index is 13.3. The van der Waals surface area contributed by atoms with E-state index >= 15 is 0 Å². The number of benzene rings is 2. The smallest absolute Gasteiger partial charge is 0.269 e. The second-order valence-electron chi connectivity index (χ2n) is 9.32. The van der Waals surface area contributed by atoms with Crippen LogP contribution in [0.1, 0.15) is 48.5 Å². The van der Waals surface area contributed by atoms with E-state index in [1.165, 1.54) is 23.9 Å². The lowest BCUT2D eigenvalue weighted by atomic mass is 9.69. The molecule has 0 saturated carbocycles. The lowest BCUT2D eigenvalue weighted by molar-refractivity contribution is -0.384. The lowest BCUT2D eigenvalue weighted by Gasteiger charge is -2.39. The van der Waals surface area contributed by atoms with Crippen molar-refractivity contribution in [2.45, 2.75) is 32.6 Å². The zero-order valence-electron chi connectivity index (χ0n) is 19.1. The number of nitro benzene ring substituents is 1. The maximum atomic E-state index is 13.3. The number of ketones is 2. The molecule has 1 N–H and O–H groups in total. The molecule has 2 aromatic rings. The third kappa shape index (κ3) is 5.16. The van der Waals surface area contributed by atoms with Gasteiger partial charge in [-0.05, 0) is 41.7 Å². The first kappa shape index (κ1) is 24.7. The van der Waals surface area contributed by atoms with Crippen LogP contribution in [0.25, 0.3) is 0 Å². The van der Waals surface area contributed by atoms with Crippen molar-refractivity contribution in [2.24, 2.45) is 5.41 Å². The van der Waals surface area contributed by atoms with Crippen LogP contribution in [0.3, 0.4) is 0 Å². The van der Waals surface area contributed by atoms with Crippen molar-refractivity contribution in [2.75, 3.05) is 5.75 Å². The zero-order chi connectivity index (χ0) is 25.3. The Balaban J connectivity index is 1.75. The van der Waals surface area contributed by atoms with Crippen molar-refractivity contribution in [1.29, 1.82) is 5.26 Å². The Morgan fingerprint density at radius 2 is 1.97 bits per heavy atom. The van der Waals surface area contributed by atoms with Crippen LogP contribution in [0.5, 0.6) is 0 Å². The molecule has 2 aliphatic rings. The van der Waals surface area contributed by atoms with Gasteiger partial charge in [0.1, 0.15) is 0 Å².